The normalized spacial score (nSPS) is 11.4. The van der Waals surface area contributed by atoms with E-state index in [-0.39, 0.29) is 11.4 Å². The van der Waals surface area contributed by atoms with Gasteiger partial charge in [0.15, 0.2) is 5.69 Å². The summed E-state index contributed by atoms with van der Waals surface area (Å²) in [6, 6.07) is 16.4. The van der Waals surface area contributed by atoms with Crippen molar-refractivity contribution in [2.45, 2.75) is 13.0 Å². The molecule has 7 nitrogen and oxygen atoms in total. The summed E-state index contributed by atoms with van der Waals surface area (Å²) in [4.78, 5) is 16.4. The first-order valence-corrected chi connectivity index (χ1v) is 10.0. The second kappa shape index (κ2) is 8.30. The van der Waals surface area contributed by atoms with E-state index in [9.17, 15) is 18.0 Å². The van der Waals surface area contributed by atoms with Gasteiger partial charge in [0.1, 0.15) is 23.0 Å². The summed E-state index contributed by atoms with van der Waals surface area (Å²) in [7, 11) is 0. The number of benzene rings is 1. The highest BCUT2D eigenvalue weighted by atomic mass is 19.3. The van der Waals surface area contributed by atoms with Gasteiger partial charge in [0, 0.05) is 24.6 Å². The van der Waals surface area contributed by atoms with Crippen LogP contribution in [0.4, 0.5) is 24.7 Å². The average Bonchev–Trinajstić information content (AvgIpc) is 3.43. The van der Waals surface area contributed by atoms with Crippen molar-refractivity contribution < 1.29 is 18.0 Å². The summed E-state index contributed by atoms with van der Waals surface area (Å²) in [5.74, 6) is -0.184. The molecule has 4 heterocycles. The molecule has 5 rings (SSSR count). The lowest BCUT2D eigenvalue weighted by Crippen LogP contribution is -2.12. The van der Waals surface area contributed by atoms with Crippen LogP contribution in [0.2, 0.25) is 0 Å². The number of nitrogens with one attached hydrogen (secondary N) is 2. The molecule has 4 aromatic heterocycles. The molecular weight excluding hydrogens is 433 g/mol. The van der Waals surface area contributed by atoms with Crippen LogP contribution in [-0.4, -0.2) is 24.9 Å². The van der Waals surface area contributed by atoms with Crippen molar-refractivity contribution in [1.82, 2.24) is 19.0 Å². The third-order valence-electron chi connectivity index (χ3n) is 5.08. The van der Waals surface area contributed by atoms with Crippen molar-refractivity contribution in [3.63, 3.8) is 0 Å². The third kappa shape index (κ3) is 4.22. The van der Waals surface area contributed by atoms with Crippen LogP contribution < -0.4 is 10.6 Å². The van der Waals surface area contributed by atoms with Gasteiger partial charge in [-0.15, -0.1) is 0 Å². The van der Waals surface area contributed by atoms with E-state index in [0.29, 0.717) is 29.2 Å². The Kier molecular flexibility index (Phi) is 5.17. The summed E-state index contributed by atoms with van der Waals surface area (Å²) in [6.07, 6.45) is 0.124. The molecule has 2 N–H and O–H groups in total. The van der Waals surface area contributed by atoms with Crippen LogP contribution in [0.5, 0.6) is 0 Å². The fourth-order valence-corrected chi connectivity index (χ4v) is 3.45. The molecule has 1 amide bonds. The van der Waals surface area contributed by atoms with Crippen molar-refractivity contribution in [3.05, 3.63) is 95.8 Å². The van der Waals surface area contributed by atoms with Gasteiger partial charge < -0.3 is 10.6 Å². The van der Waals surface area contributed by atoms with Gasteiger partial charge in [-0.05, 0) is 48.0 Å². The quantitative estimate of drug-likeness (QED) is 0.385. The smallest absolute Gasteiger partial charge is 0.281 e. The Morgan fingerprint density at radius 1 is 1.06 bits per heavy atom. The number of amides is 1. The Balaban J connectivity index is 1.25. The van der Waals surface area contributed by atoms with Gasteiger partial charge >= 0.3 is 0 Å². The van der Waals surface area contributed by atoms with E-state index in [2.05, 4.69) is 20.7 Å². The molecule has 0 aliphatic heterocycles. The summed E-state index contributed by atoms with van der Waals surface area (Å²) in [5, 5.41) is 10.1. The average molecular weight is 450 g/mol. The van der Waals surface area contributed by atoms with Crippen LogP contribution in [0.25, 0.3) is 11.2 Å². The standard InChI is InChI=1S/C23H17F3N6O/c24-15-8-9-32-17(10-15)11-18(30-32)23(33)28-16-6-4-14(5-7-16)12-27-20-2-1-3-21-29-19(22(25)26)13-31(20)21/h1-11,13,22,27H,12H2,(H,28,33). The topological polar surface area (TPSA) is 75.7 Å². The minimum atomic E-state index is -2.64. The van der Waals surface area contributed by atoms with E-state index in [1.54, 1.807) is 34.7 Å². The lowest BCUT2D eigenvalue weighted by Gasteiger charge is -2.10. The molecule has 5 aromatic rings. The summed E-state index contributed by atoms with van der Waals surface area (Å²) in [5.41, 5.74) is 2.30. The Morgan fingerprint density at radius 3 is 2.67 bits per heavy atom. The molecule has 166 valence electrons. The highest BCUT2D eigenvalue weighted by molar-refractivity contribution is 6.03. The predicted molar refractivity (Wildman–Crippen MR) is 117 cm³/mol. The number of rotatable bonds is 6. The number of alkyl halides is 2. The van der Waals surface area contributed by atoms with Gasteiger partial charge in [-0.25, -0.2) is 22.7 Å². The maximum atomic E-state index is 13.3. The first-order valence-electron chi connectivity index (χ1n) is 10.0. The fourth-order valence-electron chi connectivity index (χ4n) is 3.45. The van der Waals surface area contributed by atoms with E-state index >= 15 is 0 Å². The van der Waals surface area contributed by atoms with Gasteiger partial charge in [-0.1, -0.05) is 18.2 Å². The number of nitrogens with zero attached hydrogens (tertiary/aromatic N) is 4. The van der Waals surface area contributed by atoms with E-state index < -0.39 is 18.1 Å². The first-order chi connectivity index (χ1) is 16.0. The second-order valence-corrected chi connectivity index (χ2v) is 7.35. The van der Waals surface area contributed by atoms with Gasteiger partial charge in [-0.3, -0.25) is 9.20 Å². The number of carbonyl (C=O) groups is 1. The van der Waals surface area contributed by atoms with Crippen LogP contribution in [0, 0.1) is 5.82 Å². The first kappa shape index (κ1) is 20.6. The molecule has 0 aliphatic rings. The second-order valence-electron chi connectivity index (χ2n) is 7.35. The SMILES string of the molecule is O=C(Nc1ccc(CNc2cccc3nc(C(F)F)cn23)cc1)c1cc2cc(F)ccn2n1. The number of fused-ring (bicyclic) bond motifs is 2. The molecule has 0 unspecified atom stereocenters. The molecule has 10 heteroatoms. The zero-order valence-electron chi connectivity index (χ0n) is 17.0. The van der Waals surface area contributed by atoms with Gasteiger partial charge in [0.05, 0.1) is 5.52 Å². The number of pyridine rings is 2. The van der Waals surface area contributed by atoms with E-state index in [4.69, 9.17) is 0 Å². The Morgan fingerprint density at radius 2 is 1.88 bits per heavy atom. The van der Waals surface area contributed by atoms with E-state index in [1.165, 1.54) is 35.1 Å². The van der Waals surface area contributed by atoms with Crippen LogP contribution in [0.15, 0.2) is 73.1 Å². The Labute approximate surface area is 185 Å². The summed E-state index contributed by atoms with van der Waals surface area (Å²) in [6.45, 7) is 0.438. The maximum absolute atomic E-state index is 13.3. The zero-order chi connectivity index (χ0) is 22.9. The highest BCUT2D eigenvalue weighted by Crippen LogP contribution is 2.21. The molecule has 0 spiro atoms. The van der Waals surface area contributed by atoms with Crippen LogP contribution in [0.1, 0.15) is 28.2 Å². The lowest BCUT2D eigenvalue weighted by molar-refractivity contribution is 0.102. The summed E-state index contributed by atoms with van der Waals surface area (Å²) >= 11 is 0. The number of imidazole rings is 1. The van der Waals surface area contributed by atoms with Crippen molar-refractivity contribution in [3.8, 4) is 0 Å². The molecule has 0 bridgehead atoms. The molecule has 0 fully saturated rings. The number of aromatic nitrogens is 4. The number of hydrogen-bond acceptors (Lipinski definition) is 4. The van der Waals surface area contributed by atoms with Crippen LogP contribution in [0.3, 0.4) is 0 Å². The van der Waals surface area contributed by atoms with Crippen molar-refractivity contribution in [1.29, 1.82) is 0 Å². The van der Waals surface area contributed by atoms with E-state index in [0.717, 1.165) is 5.56 Å². The van der Waals surface area contributed by atoms with E-state index in [1.807, 2.05) is 12.1 Å². The maximum Gasteiger partial charge on any atom is 0.281 e. The molecule has 1 aromatic carbocycles. The number of halogens is 3. The van der Waals surface area contributed by atoms with Gasteiger partial charge in [-0.2, -0.15) is 5.10 Å². The Bertz CT molecular complexity index is 1460. The minimum Gasteiger partial charge on any atom is -0.367 e. The molecule has 0 saturated heterocycles. The van der Waals surface area contributed by atoms with Crippen LogP contribution >= 0.6 is 0 Å². The van der Waals surface area contributed by atoms with Crippen molar-refractivity contribution in [2.75, 3.05) is 10.6 Å². The van der Waals surface area contributed by atoms with Crippen LogP contribution in [-0.2, 0) is 6.54 Å². The highest BCUT2D eigenvalue weighted by Gasteiger charge is 2.14. The third-order valence-corrected chi connectivity index (χ3v) is 5.08. The molecular formula is C23H17F3N6O. The van der Waals surface area contributed by atoms with Gasteiger partial charge in [0.2, 0.25) is 0 Å². The number of hydrogen-bond donors (Lipinski definition) is 2. The van der Waals surface area contributed by atoms with Crippen molar-refractivity contribution in [2.24, 2.45) is 0 Å². The molecule has 0 aliphatic carbocycles. The molecule has 0 saturated carbocycles. The minimum absolute atomic E-state index is 0.169. The largest absolute Gasteiger partial charge is 0.367 e. The molecule has 0 radical (unpaired) electrons. The molecule has 0 atom stereocenters. The van der Waals surface area contributed by atoms with Crippen molar-refractivity contribution >= 4 is 28.6 Å². The zero-order valence-corrected chi connectivity index (χ0v) is 17.0. The fraction of sp³-hybridized carbons (Fsp3) is 0.0870. The monoisotopic (exact) mass is 450 g/mol. The molecule has 33 heavy (non-hydrogen) atoms. The predicted octanol–water partition coefficient (Wildman–Crippen LogP) is 4.92. The summed E-state index contributed by atoms with van der Waals surface area (Å²) < 4.78 is 42.2. The Hall–Kier alpha value is -4.34. The lowest BCUT2D eigenvalue weighted by atomic mass is 10.2. The van der Waals surface area contributed by atoms with Gasteiger partial charge in [0.25, 0.3) is 12.3 Å². The number of anilines is 2. The number of carbonyl (C=O) groups excluding carboxylic acids is 1.